The fourth-order valence-electron chi connectivity index (χ4n) is 1.54. The van der Waals surface area contributed by atoms with Crippen molar-refractivity contribution in [2.24, 2.45) is 11.3 Å². The van der Waals surface area contributed by atoms with Crippen LogP contribution in [0.3, 0.4) is 0 Å². The van der Waals surface area contributed by atoms with Gasteiger partial charge in [0, 0.05) is 0 Å². The zero-order valence-electron chi connectivity index (χ0n) is 8.61. The molecule has 0 aromatic heterocycles. The molecule has 0 bridgehead atoms. The van der Waals surface area contributed by atoms with Crippen molar-refractivity contribution in [1.82, 2.24) is 10.6 Å². The highest BCUT2D eigenvalue weighted by Crippen LogP contribution is 2.11. The first kappa shape index (κ1) is 10.0. The Balaban J connectivity index is 2.02. The molecule has 1 unspecified atom stereocenters. The van der Waals surface area contributed by atoms with Crippen molar-refractivity contribution in [3.63, 3.8) is 0 Å². The Morgan fingerprint density at radius 2 is 2.17 bits per heavy atom. The van der Waals surface area contributed by atoms with Crippen LogP contribution in [0, 0.1) is 11.3 Å². The van der Waals surface area contributed by atoms with Gasteiger partial charge in [-0.25, -0.2) is 0 Å². The topological polar surface area (TPSA) is 24.1 Å². The van der Waals surface area contributed by atoms with Gasteiger partial charge >= 0.3 is 0 Å². The smallest absolute Gasteiger partial charge is 0.00000000303 e. The van der Waals surface area contributed by atoms with Crippen molar-refractivity contribution in [2.75, 3.05) is 26.2 Å². The van der Waals surface area contributed by atoms with E-state index < -0.39 is 0 Å². The van der Waals surface area contributed by atoms with Crippen LogP contribution in [0.5, 0.6) is 0 Å². The average molecular weight is 170 g/mol. The first-order valence-corrected chi connectivity index (χ1v) is 4.99. The first-order chi connectivity index (χ1) is 5.58. The zero-order chi connectivity index (χ0) is 9.03. The zero-order valence-corrected chi connectivity index (χ0v) is 8.61. The van der Waals surface area contributed by atoms with Crippen LogP contribution in [0.2, 0.25) is 0 Å². The molecule has 1 aliphatic heterocycles. The Labute approximate surface area is 76.1 Å². The number of hydrogen-bond donors (Lipinski definition) is 2. The van der Waals surface area contributed by atoms with Gasteiger partial charge in [0.05, 0.1) is 0 Å². The molecule has 1 rings (SSSR count). The lowest BCUT2D eigenvalue weighted by Crippen LogP contribution is -2.31. The van der Waals surface area contributed by atoms with E-state index in [4.69, 9.17) is 0 Å². The Kier molecular flexibility index (Phi) is 3.53. The molecule has 1 heterocycles. The fraction of sp³-hybridized carbons (Fsp3) is 1.00. The summed E-state index contributed by atoms with van der Waals surface area (Å²) < 4.78 is 0. The second-order valence-electron chi connectivity index (χ2n) is 5.05. The summed E-state index contributed by atoms with van der Waals surface area (Å²) >= 11 is 0. The number of hydrogen-bond acceptors (Lipinski definition) is 2. The van der Waals surface area contributed by atoms with Crippen LogP contribution < -0.4 is 10.6 Å². The van der Waals surface area contributed by atoms with E-state index in [-0.39, 0.29) is 0 Å². The SMILES string of the molecule is CC(C)(C)CNCC1CCNC1. The average Bonchev–Trinajstić information content (AvgIpc) is 2.36. The molecule has 1 saturated heterocycles. The van der Waals surface area contributed by atoms with E-state index in [9.17, 15) is 0 Å². The minimum atomic E-state index is 0.423. The van der Waals surface area contributed by atoms with Gasteiger partial charge in [-0.2, -0.15) is 0 Å². The van der Waals surface area contributed by atoms with Gasteiger partial charge in [0.1, 0.15) is 0 Å². The van der Waals surface area contributed by atoms with E-state index in [1.165, 1.54) is 26.1 Å². The third-order valence-corrected chi connectivity index (χ3v) is 2.25. The number of rotatable bonds is 3. The van der Waals surface area contributed by atoms with E-state index in [0.29, 0.717) is 5.41 Å². The number of nitrogens with one attached hydrogen (secondary N) is 2. The fourth-order valence-corrected chi connectivity index (χ4v) is 1.54. The predicted octanol–water partition coefficient (Wildman–Crippen LogP) is 1.23. The highest BCUT2D eigenvalue weighted by molar-refractivity contribution is 4.74. The third kappa shape index (κ3) is 4.07. The highest BCUT2D eigenvalue weighted by Gasteiger charge is 2.15. The molecule has 0 aromatic carbocycles. The maximum absolute atomic E-state index is 3.53. The third-order valence-electron chi connectivity index (χ3n) is 2.25. The summed E-state index contributed by atoms with van der Waals surface area (Å²) in [4.78, 5) is 0. The summed E-state index contributed by atoms with van der Waals surface area (Å²) in [6.45, 7) is 11.5. The largest absolute Gasteiger partial charge is 0.316 e. The van der Waals surface area contributed by atoms with E-state index in [1.807, 2.05) is 0 Å². The molecule has 12 heavy (non-hydrogen) atoms. The van der Waals surface area contributed by atoms with Crippen molar-refractivity contribution < 1.29 is 0 Å². The summed E-state index contributed by atoms with van der Waals surface area (Å²) in [5, 5.41) is 6.91. The minimum absolute atomic E-state index is 0.423. The van der Waals surface area contributed by atoms with E-state index in [0.717, 1.165) is 12.5 Å². The molecule has 72 valence electrons. The maximum Gasteiger partial charge on any atom is -0.00000000303 e. The molecular weight excluding hydrogens is 148 g/mol. The van der Waals surface area contributed by atoms with Gasteiger partial charge < -0.3 is 10.6 Å². The molecule has 0 radical (unpaired) electrons. The normalized spacial score (nSPS) is 24.8. The molecule has 2 nitrogen and oxygen atoms in total. The minimum Gasteiger partial charge on any atom is -0.316 e. The van der Waals surface area contributed by atoms with Crippen molar-refractivity contribution in [3.05, 3.63) is 0 Å². The lowest BCUT2D eigenvalue weighted by atomic mass is 9.96. The Bertz CT molecular complexity index is 120. The molecule has 1 atom stereocenters. The lowest BCUT2D eigenvalue weighted by molar-refractivity contribution is 0.363. The van der Waals surface area contributed by atoms with E-state index in [1.54, 1.807) is 0 Å². The summed E-state index contributed by atoms with van der Waals surface area (Å²) in [6, 6.07) is 0. The molecule has 2 N–H and O–H groups in total. The molecular formula is C10H22N2. The van der Waals surface area contributed by atoms with Crippen LogP contribution in [0.1, 0.15) is 27.2 Å². The monoisotopic (exact) mass is 170 g/mol. The highest BCUT2D eigenvalue weighted by atomic mass is 14.9. The Morgan fingerprint density at radius 3 is 2.67 bits per heavy atom. The van der Waals surface area contributed by atoms with Crippen LogP contribution in [0.4, 0.5) is 0 Å². The van der Waals surface area contributed by atoms with Gasteiger partial charge in [0.2, 0.25) is 0 Å². The van der Waals surface area contributed by atoms with Gasteiger partial charge in [-0.15, -0.1) is 0 Å². The second-order valence-corrected chi connectivity index (χ2v) is 5.05. The summed E-state index contributed by atoms with van der Waals surface area (Å²) in [5.41, 5.74) is 0.423. The van der Waals surface area contributed by atoms with Crippen LogP contribution >= 0.6 is 0 Å². The summed E-state index contributed by atoms with van der Waals surface area (Å²) in [5.74, 6) is 0.868. The van der Waals surface area contributed by atoms with Crippen molar-refractivity contribution in [2.45, 2.75) is 27.2 Å². The predicted molar refractivity (Wildman–Crippen MR) is 53.3 cm³/mol. The molecule has 0 aromatic rings. The summed E-state index contributed by atoms with van der Waals surface area (Å²) in [6.07, 6.45) is 1.34. The molecule has 1 fully saturated rings. The molecule has 0 saturated carbocycles. The van der Waals surface area contributed by atoms with E-state index in [2.05, 4.69) is 31.4 Å². The molecule has 2 heteroatoms. The quantitative estimate of drug-likeness (QED) is 0.666. The molecule has 0 amide bonds. The second kappa shape index (κ2) is 4.24. The van der Waals surface area contributed by atoms with Crippen molar-refractivity contribution in [3.8, 4) is 0 Å². The van der Waals surface area contributed by atoms with Crippen LogP contribution in [-0.4, -0.2) is 26.2 Å². The van der Waals surface area contributed by atoms with Crippen LogP contribution in [-0.2, 0) is 0 Å². The molecule has 1 aliphatic rings. The maximum atomic E-state index is 3.53. The van der Waals surface area contributed by atoms with Crippen LogP contribution in [0.25, 0.3) is 0 Å². The van der Waals surface area contributed by atoms with E-state index >= 15 is 0 Å². The van der Waals surface area contributed by atoms with Gasteiger partial charge in [0.15, 0.2) is 0 Å². The van der Waals surface area contributed by atoms with Gasteiger partial charge in [-0.05, 0) is 43.9 Å². The standard InChI is InChI=1S/C10H22N2/c1-10(2,3)8-12-7-9-4-5-11-6-9/h9,11-12H,4-8H2,1-3H3. The van der Waals surface area contributed by atoms with Crippen molar-refractivity contribution in [1.29, 1.82) is 0 Å². The van der Waals surface area contributed by atoms with Crippen molar-refractivity contribution >= 4 is 0 Å². The first-order valence-electron chi connectivity index (χ1n) is 4.99. The molecule has 0 aliphatic carbocycles. The van der Waals surface area contributed by atoms with Crippen LogP contribution in [0.15, 0.2) is 0 Å². The lowest BCUT2D eigenvalue weighted by Gasteiger charge is -2.20. The van der Waals surface area contributed by atoms with Gasteiger partial charge in [-0.1, -0.05) is 20.8 Å². The summed E-state index contributed by atoms with van der Waals surface area (Å²) in [7, 11) is 0. The van der Waals surface area contributed by atoms with Gasteiger partial charge in [0.25, 0.3) is 0 Å². The molecule has 0 spiro atoms. The Hall–Kier alpha value is -0.0800. The van der Waals surface area contributed by atoms with Gasteiger partial charge in [-0.3, -0.25) is 0 Å². The Morgan fingerprint density at radius 1 is 1.42 bits per heavy atom.